The SMILES string of the molecule is O=C(O)C=CSc1ncc[nH]1. The van der Waals surface area contributed by atoms with Crippen LogP contribution in [0.2, 0.25) is 0 Å². The molecule has 1 rings (SSSR count). The van der Waals surface area contributed by atoms with E-state index in [-0.39, 0.29) is 0 Å². The lowest BCUT2D eigenvalue weighted by Gasteiger charge is -1.84. The first kappa shape index (κ1) is 7.87. The number of aromatic nitrogens is 2. The minimum atomic E-state index is -0.955. The average molecular weight is 170 g/mol. The van der Waals surface area contributed by atoms with Crippen molar-refractivity contribution < 1.29 is 9.90 Å². The molecular weight excluding hydrogens is 164 g/mol. The highest BCUT2D eigenvalue weighted by Gasteiger charge is 1.90. The number of nitrogens with zero attached hydrogens (tertiary/aromatic N) is 1. The molecule has 0 aliphatic rings. The fourth-order valence-electron chi connectivity index (χ4n) is 0.472. The second kappa shape index (κ2) is 3.82. The van der Waals surface area contributed by atoms with Gasteiger partial charge >= 0.3 is 5.97 Å². The first-order chi connectivity index (χ1) is 5.29. The maximum absolute atomic E-state index is 10.00. The van der Waals surface area contributed by atoms with Gasteiger partial charge in [0.15, 0.2) is 5.16 Å². The van der Waals surface area contributed by atoms with Crippen LogP contribution in [0.25, 0.3) is 0 Å². The van der Waals surface area contributed by atoms with Crippen LogP contribution in [-0.4, -0.2) is 21.0 Å². The van der Waals surface area contributed by atoms with Gasteiger partial charge in [-0.25, -0.2) is 9.78 Å². The first-order valence-corrected chi connectivity index (χ1v) is 3.72. The average Bonchev–Trinajstić information content (AvgIpc) is 2.39. The van der Waals surface area contributed by atoms with E-state index in [1.54, 1.807) is 12.4 Å². The lowest BCUT2D eigenvalue weighted by molar-refractivity contribution is -0.131. The summed E-state index contributed by atoms with van der Waals surface area (Å²) in [4.78, 5) is 16.7. The minimum Gasteiger partial charge on any atom is -0.478 e. The number of thioether (sulfide) groups is 1. The number of H-pyrrole nitrogens is 1. The summed E-state index contributed by atoms with van der Waals surface area (Å²) >= 11 is 1.23. The quantitative estimate of drug-likeness (QED) is 0.526. The number of nitrogens with one attached hydrogen (secondary N) is 1. The van der Waals surface area contributed by atoms with Crippen LogP contribution in [0.3, 0.4) is 0 Å². The third-order valence-electron chi connectivity index (χ3n) is 0.863. The Balaban J connectivity index is 2.40. The maximum Gasteiger partial charge on any atom is 0.328 e. The topological polar surface area (TPSA) is 66.0 Å². The fourth-order valence-corrected chi connectivity index (χ4v) is 1.04. The van der Waals surface area contributed by atoms with E-state index < -0.39 is 5.97 Å². The molecule has 1 aromatic rings. The standard InChI is InChI=1S/C6H6N2O2S/c9-5(10)1-4-11-6-7-2-3-8-6/h1-4H,(H,7,8)(H,9,10). The summed E-state index contributed by atoms with van der Waals surface area (Å²) < 4.78 is 0. The number of carboxylic acids is 1. The fraction of sp³-hybridized carbons (Fsp3) is 0. The van der Waals surface area contributed by atoms with Gasteiger partial charge in [-0.3, -0.25) is 0 Å². The van der Waals surface area contributed by atoms with E-state index in [4.69, 9.17) is 5.11 Å². The zero-order valence-electron chi connectivity index (χ0n) is 5.52. The normalized spacial score (nSPS) is 10.5. The van der Waals surface area contributed by atoms with Crippen molar-refractivity contribution in [2.24, 2.45) is 0 Å². The van der Waals surface area contributed by atoms with Gasteiger partial charge in [-0.2, -0.15) is 0 Å². The highest BCUT2D eigenvalue weighted by Crippen LogP contribution is 2.11. The van der Waals surface area contributed by atoms with E-state index >= 15 is 0 Å². The Morgan fingerprint density at radius 1 is 1.82 bits per heavy atom. The highest BCUT2D eigenvalue weighted by molar-refractivity contribution is 8.02. The number of hydrogen-bond donors (Lipinski definition) is 2. The Morgan fingerprint density at radius 3 is 3.18 bits per heavy atom. The van der Waals surface area contributed by atoms with Crippen LogP contribution in [0.1, 0.15) is 0 Å². The van der Waals surface area contributed by atoms with Crippen molar-refractivity contribution in [1.29, 1.82) is 0 Å². The number of carboxylic acid groups (broad SMARTS) is 1. The van der Waals surface area contributed by atoms with Crippen molar-refractivity contribution in [1.82, 2.24) is 9.97 Å². The largest absolute Gasteiger partial charge is 0.478 e. The lowest BCUT2D eigenvalue weighted by atomic mass is 10.7. The van der Waals surface area contributed by atoms with Crippen molar-refractivity contribution in [3.8, 4) is 0 Å². The molecule has 2 N–H and O–H groups in total. The summed E-state index contributed by atoms with van der Waals surface area (Å²) in [5.41, 5.74) is 0. The molecule has 0 saturated carbocycles. The van der Waals surface area contributed by atoms with Crippen LogP contribution in [0, 0.1) is 0 Å². The van der Waals surface area contributed by atoms with Gasteiger partial charge in [-0.1, -0.05) is 11.8 Å². The Morgan fingerprint density at radius 2 is 2.64 bits per heavy atom. The number of carbonyl (C=O) groups is 1. The van der Waals surface area contributed by atoms with E-state index in [1.165, 1.54) is 17.2 Å². The molecule has 0 fully saturated rings. The molecule has 0 aliphatic carbocycles. The Hall–Kier alpha value is -1.23. The van der Waals surface area contributed by atoms with E-state index in [9.17, 15) is 4.79 Å². The number of aliphatic carboxylic acids is 1. The molecule has 1 aromatic heterocycles. The Labute approximate surface area is 67.3 Å². The van der Waals surface area contributed by atoms with Gasteiger partial charge < -0.3 is 10.1 Å². The minimum absolute atomic E-state index is 0.683. The van der Waals surface area contributed by atoms with Gasteiger partial charge in [0.05, 0.1) is 0 Å². The van der Waals surface area contributed by atoms with Gasteiger partial charge in [0, 0.05) is 18.5 Å². The molecular formula is C6H6N2O2S. The van der Waals surface area contributed by atoms with Crippen LogP contribution >= 0.6 is 11.8 Å². The second-order valence-electron chi connectivity index (χ2n) is 1.65. The molecule has 11 heavy (non-hydrogen) atoms. The molecule has 0 aromatic carbocycles. The number of imidazole rings is 1. The van der Waals surface area contributed by atoms with Crippen LogP contribution in [0.4, 0.5) is 0 Å². The van der Waals surface area contributed by atoms with E-state index in [1.807, 2.05) is 0 Å². The Kier molecular flexibility index (Phi) is 2.74. The molecule has 0 unspecified atom stereocenters. The summed E-state index contributed by atoms with van der Waals surface area (Å²) in [6.07, 6.45) is 4.35. The van der Waals surface area contributed by atoms with Crippen molar-refractivity contribution in [2.45, 2.75) is 5.16 Å². The molecule has 5 heteroatoms. The van der Waals surface area contributed by atoms with Crippen molar-refractivity contribution in [2.75, 3.05) is 0 Å². The molecule has 0 radical (unpaired) electrons. The summed E-state index contributed by atoms with van der Waals surface area (Å²) in [6.45, 7) is 0. The number of aromatic amines is 1. The highest BCUT2D eigenvalue weighted by atomic mass is 32.2. The van der Waals surface area contributed by atoms with Crippen molar-refractivity contribution in [3.05, 3.63) is 23.9 Å². The monoisotopic (exact) mass is 170 g/mol. The van der Waals surface area contributed by atoms with Crippen molar-refractivity contribution in [3.63, 3.8) is 0 Å². The van der Waals surface area contributed by atoms with Gasteiger partial charge in [0.25, 0.3) is 0 Å². The molecule has 4 nitrogen and oxygen atoms in total. The molecule has 0 amide bonds. The molecule has 0 saturated heterocycles. The third kappa shape index (κ3) is 2.90. The van der Waals surface area contributed by atoms with E-state index in [0.717, 1.165) is 6.08 Å². The van der Waals surface area contributed by atoms with Gasteiger partial charge in [0.1, 0.15) is 0 Å². The van der Waals surface area contributed by atoms with Crippen LogP contribution < -0.4 is 0 Å². The molecule has 58 valence electrons. The molecule has 0 atom stereocenters. The first-order valence-electron chi connectivity index (χ1n) is 2.84. The summed E-state index contributed by atoms with van der Waals surface area (Å²) in [5.74, 6) is -0.955. The van der Waals surface area contributed by atoms with Crippen LogP contribution in [0.15, 0.2) is 29.0 Å². The van der Waals surface area contributed by atoms with E-state index in [0.29, 0.717) is 5.16 Å². The smallest absolute Gasteiger partial charge is 0.328 e. The summed E-state index contributed by atoms with van der Waals surface area (Å²) in [7, 11) is 0. The zero-order chi connectivity index (χ0) is 8.10. The number of hydrogen-bond acceptors (Lipinski definition) is 3. The molecule has 0 spiro atoms. The maximum atomic E-state index is 10.00. The van der Waals surface area contributed by atoms with E-state index in [2.05, 4.69) is 9.97 Å². The zero-order valence-corrected chi connectivity index (χ0v) is 6.34. The predicted molar refractivity (Wildman–Crippen MR) is 41.2 cm³/mol. The van der Waals surface area contributed by atoms with Gasteiger partial charge in [-0.05, 0) is 5.41 Å². The number of rotatable bonds is 3. The van der Waals surface area contributed by atoms with Crippen LogP contribution in [-0.2, 0) is 4.79 Å². The van der Waals surface area contributed by atoms with Gasteiger partial charge in [-0.15, -0.1) is 0 Å². The lowest BCUT2D eigenvalue weighted by Crippen LogP contribution is -1.84. The molecule has 0 aliphatic heterocycles. The predicted octanol–water partition coefficient (Wildman–Crippen LogP) is 1.10. The second-order valence-corrected chi connectivity index (χ2v) is 2.55. The Bertz CT molecular complexity index is 256. The third-order valence-corrected chi connectivity index (χ3v) is 1.58. The van der Waals surface area contributed by atoms with Crippen LogP contribution in [0.5, 0.6) is 0 Å². The summed E-state index contributed by atoms with van der Waals surface area (Å²) in [6, 6.07) is 0. The molecule has 0 bridgehead atoms. The van der Waals surface area contributed by atoms with Crippen molar-refractivity contribution >= 4 is 17.7 Å². The molecule has 1 heterocycles. The van der Waals surface area contributed by atoms with Gasteiger partial charge in [0.2, 0.25) is 0 Å². The summed E-state index contributed by atoms with van der Waals surface area (Å²) in [5, 5.41) is 10.4.